The Labute approximate surface area is 97.9 Å². The average molecular weight is 269 g/mol. The monoisotopic (exact) mass is 268 g/mol. The van der Waals surface area contributed by atoms with Crippen molar-refractivity contribution < 1.29 is 22.8 Å². The average Bonchev–Trinajstić information content (AvgIpc) is 2.14. The van der Waals surface area contributed by atoms with E-state index in [9.17, 15) is 23.3 Å². The Hall–Kier alpha value is -1.75. The maximum Gasteiger partial charge on any atom is 0.572 e. The molecule has 0 aromatic rings. The van der Waals surface area contributed by atoms with Gasteiger partial charge in [-0.05, 0) is 0 Å². The van der Waals surface area contributed by atoms with Crippen LogP contribution in [0.3, 0.4) is 0 Å². The maximum atomic E-state index is 11.9. The summed E-state index contributed by atoms with van der Waals surface area (Å²) in [5.41, 5.74) is -0.716. The van der Waals surface area contributed by atoms with Gasteiger partial charge in [0.25, 0.3) is 5.70 Å². The summed E-state index contributed by atoms with van der Waals surface area (Å²) in [7, 11) is 0. The minimum atomic E-state index is -4.99. The van der Waals surface area contributed by atoms with E-state index >= 15 is 0 Å². The van der Waals surface area contributed by atoms with E-state index in [1.54, 1.807) is 0 Å². The zero-order chi connectivity index (χ0) is 13.3. The molecule has 5 nitrogen and oxygen atoms in total. The standard InChI is InChI=1S/C8H4ClF3N2O3/c9-7(4-13)2-5(14(15)16)1-6(3-7)17-8(10,11)12/h1-2H,3H2. The molecule has 0 N–H and O–H groups in total. The molecule has 1 unspecified atom stereocenters. The second-order valence-electron chi connectivity index (χ2n) is 3.14. The van der Waals surface area contributed by atoms with Gasteiger partial charge in [0.1, 0.15) is 5.76 Å². The third-order valence-corrected chi connectivity index (χ3v) is 2.09. The first-order chi connectivity index (χ1) is 7.65. The summed E-state index contributed by atoms with van der Waals surface area (Å²) in [6.07, 6.45) is -4.22. The van der Waals surface area contributed by atoms with Gasteiger partial charge in [0.05, 0.1) is 17.1 Å². The van der Waals surface area contributed by atoms with E-state index in [4.69, 9.17) is 16.9 Å². The van der Waals surface area contributed by atoms with E-state index in [0.29, 0.717) is 6.08 Å². The SMILES string of the molecule is N#CC1(Cl)C=C([N+](=O)[O-])C=C(OC(F)(F)F)C1. The van der Waals surface area contributed by atoms with E-state index in [0.717, 1.165) is 6.08 Å². The molecule has 92 valence electrons. The molecule has 1 rings (SSSR count). The predicted octanol–water partition coefficient (Wildman–Crippen LogP) is 2.47. The highest BCUT2D eigenvalue weighted by molar-refractivity contribution is 6.27. The van der Waals surface area contributed by atoms with Crippen molar-refractivity contribution in [1.29, 1.82) is 5.26 Å². The largest absolute Gasteiger partial charge is 0.572 e. The fourth-order valence-electron chi connectivity index (χ4n) is 1.19. The molecule has 17 heavy (non-hydrogen) atoms. The Morgan fingerprint density at radius 3 is 2.65 bits per heavy atom. The lowest BCUT2D eigenvalue weighted by atomic mass is 9.98. The normalized spacial score (nSPS) is 24.4. The molecule has 0 spiro atoms. The molecule has 1 atom stereocenters. The van der Waals surface area contributed by atoms with E-state index in [2.05, 4.69) is 4.74 Å². The van der Waals surface area contributed by atoms with Crippen LogP contribution in [0.25, 0.3) is 0 Å². The highest BCUT2D eigenvalue weighted by Crippen LogP contribution is 2.35. The smallest absolute Gasteiger partial charge is 0.410 e. The first kappa shape index (κ1) is 13.3. The summed E-state index contributed by atoms with van der Waals surface area (Å²) in [6.45, 7) is 0. The molecule has 0 amide bonds. The minimum Gasteiger partial charge on any atom is -0.410 e. The third kappa shape index (κ3) is 3.64. The minimum absolute atomic E-state index is 0.589. The van der Waals surface area contributed by atoms with Crippen molar-refractivity contribution in [3.63, 3.8) is 0 Å². The van der Waals surface area contributed by atoms with Crippen molar-refractivity contribution >= 4 is 11.6 Å². The molecule has 9 heteroatoms. The van der Waals surface area contributed by atoms with Gasteiger partial charge in [0, 0.05) is 12.5 Å². The Balaban J connectivity index is 3.06. The van der Waals surface area contributed by atoms with E-state index in [-0.39, 0.29) is 0 Å². The zero-order valence-electron chi connectivity index (χ0n) is 7.99. The Bertz CT molecular complexity index is 452. The van der Waals surface area contributed by atoms with Crippen LogP contribution in [0, 0.1) is 21.4 Å². The van der Waals surface area contributed by atoms with Gasteiger partial charge in [0.15, 0.2) is 4.87 Å². The van der Waals surface area contributed by atoms with Crippen molar-refractivity contribution in [3.05, 3.63) is 33.7 Å². The number of nitrogens with zero attached hydrogens (tertiary/aromatic N) is 2. The molecule has 0 aliphatic heterocycles. The lowest BCUT2D eigenvalue weighted by molar-refractivity contribution is -0.420. The fraction of sp³-hybridized carbons (Fsp3) is 0.375. The molecule has 0 bridgehead atoms. The predicted molar refractivity (Wildman–Crippen MR) is 49.1 cm³/mol. The lowest BCUT2D eigenvalue weighted by Gasteiger charge is -2.21. The summed E-state index contributed by atoms with van der Waals surface area (Å²) in [5, 5.41) is 19.1. The van der Waals surface area contributed by atoms with E-state index in [1.165, 1.54) is 6.07 Å². The number of ether oxygens (including phenoxy) is 1. The van der Waals surface area contributed by atoms with Crippen LogP contribution in [0.4, 0.5) is 13.2 Å². The summed E-state index contributed by atoms with van der Waals surface area (Å²) in [4.78, 5) is 7.60. The van der Waals surface area contributed by atoms with Gasteiger partial charge in [-0.25, -0.2) is 0 Å². The Kier molecular flexibility index (Phi) is 3.33. The van der Waals surface area contributed by atoms with Gasteiger partial charge in [-0.1, -0.05) is 11.6 Å². The van der Waals surface area contributed by atoms with E-state index < -0.39 is 34.0 Å². The van der Waals surface area contributed by atoms with Gasteiger partial charge in [0.2, 0.25) is 0 Å². The lowest BCUT2D eigenvalue weighted by Crippen LogP contribution is -2.25. The number of nitriles is 1. The topological polar surface area (TPSA) is 76.2 Å². The van der Waals surface area contributed by atoms with Gasteiger partial charge < -0.3 is 4.74 Å². The molecule has 1 aliphatic rings. The van der Waals surface area contributed by atoms with Crippen molar-refractivity contribution in [2.45, 2.75) is 17.7 Å². The van der Waals surface area contributed by atoms with Crippen LogP contribution >= 0.6 is 11.6 Å². The first-order valence-corrected chi connectivity index (χ1v) is 4.47. The zero-order valence-corrected chi connectivity index (χ0v) is 8.75. The quantitative estimate of drug-likeness (QED) is 0.438. The molecule has 0 fully saturated rings. The van der Waals surface area contributed by atoms with Crippen LogP contribution in [-0.4, -0.2) is 16.2 Å². The molecule has 0 radical (unpaired) electrons. The highest BCUT2D eigenvalue weighted by Gasteiger charge is 2.40. The Morgan fingerprint density at radius 1 is 1.65 bits per heavy atom. The summed E-state index contributed by atoms with van der Waals surface area (Å²) in [6, 6.07) is 1.48. The fourth-order valence-corrected chi connectivity index (χ4v) is 1.43. The first-order valence-electron chi connectivity index (χ1n) is 4.09. The molecular weight excluding hydrogens is 265 g/mol. The van der Waals surface area contributed by atoms with Gasteiger partial charge in [-0.15, -0.1) is 13.2 Å². The van der Waals surface area contributed by atoms with Crippen molar-refractivity contribution in [2.75, 3.05) is 0 Å². The van der Waals surface area contributed by atoms with Crippen molar-refractivity contribution in [1.82, 2.24) is 0 Å². The number of nitro groups is 1. The third-order valence-electron chi connectivity index (χ3n) is 1.76. The second kappa shape index (κ2) is 4.25. The summed E-state index contributed by atoms with van der Waals surface area (Å²) in [5.74, 6) is -0.775. The number of halogens is 4. The highest BCUT2D eigenvalue weighted by atomic mass is 35.5. The molecule has 0 saturated carbocycles. The maximum absolute atomic E-state index is 11.9. The molecule has 0 heterocycles. The molecule has 0 saturated heterocycles. The van der Waals surface area contributed by atoms with Crippen LogP contribution in [0.15, 0.2) is 23.6 Å². The van der Waals surface area contributed by atoms with Gasteiger partial charge in [-0.2, -0.15) is 5.26 Å². The molecule has 0 aromatic carbocycles. The second-order valence-corrected chi connectivity index (χ2v) is 3.81. The summed E-state index contributed by atoms with van der Waals surface area (Å²) < 4.78 is 39.4. The number of allylic oxidation sites excluding steroid dienone is 3. The molecule has 1 aliphatic carbocycles. The van der Waals surface area contributed by atoms with Gasteiger partial charge >= 0.3 is 6.36 Å². The van der Waals surface area contributed by atoms with Gasteiger partial charge in [-0.3, -0.25) is 10.1 Å². The van der Waals surface area contributed by atoms with Crippen molar-refractivity contribution in [2.24, 2.45) is 0 Å². The molecular formula is C8H4ClF3N2O3. The number of alkyl halides is 4. The van der Waals surface area contributed by atoms with Crippen LogP contribution in [0.5, 0.6) is 0 Å². The van der Waals surface area contributed by atoms with Crippen LogP contribution in [0.2, 0.25) is 0 Å². The summed E-state index contributed by atoms with van der Waals surface area (Å²) >= 11 is 5.59. The van der Waals surface area contributed by atoms with Crippen LogP contribution < -0.4 is 0 Å². The van der Waals surface area contributed by atoms with Crippen molar-refractivity contribution in [3.8, 4) is 6.07 Å². The van der Waals surface area contributed by atoms with Crippen LogP contribution in [0.1, 0.15) is 6.42 Å². The molecule has 0 aromatic heterocycles. The van der Waals surface area contributed by atoms with Crippen LogP contribution in [-0.2, 0) is 4.74 Å². The number of hydrogen-bond donors (Lipinski definition) is 0. The number of hydrogen-bond acceptors (Lipinski definition) is 4. The van der Waals surface area contributed by atoms with E-state index in [1.807, 2.05) is 0 Å². The Morgan fingerprint density at radius 2 is 2.24 bits per heavy atom. The number of rotatable bonds is 2.